The van der Waals surface area contributed by atoms with Crippen molar-refractivity contribution in [2.24, 2.45) is 0 Å². The van der Waals surface area contributed by atoms with E-state index in [1.54, 1.807) is 29.4 Å². The fourth-order valence-corrected chi connectivity index (χ4v) is 3.63. The molecule has 3 aromatic rings. The molecule has 0 saturated carbocycles. The molecule has 9 heteroatoms. The van der Waals surface area contributed by atoms with E-state index < -0.39 is 11.7 Å². The predicted octanol–water partition coefficient (Wildman–Crippen LogP) is 2.84. The Kier molecular flexibility index (Phi) is 6.07. The Hall–Kier alpha value is -3.88. The van der Waals surface area contributed by atoms with E-state index >= 15 is 0 Å². The smallest absolute Gasteiger partial charge is 0.274 e. The van der Waals surface area contributed by atoms with Gasteiger partial charge in [-0.3, -0.25) is 14.6 Å². The second-order valence-electron chi connectivity index (χ2n) is 7.58. The van der Waals surface area contributed by atoms with E-state index in [9.17, 15) is 14.0 Å². The van der Waals surface area contributed by atoms with E-state index in [1.165, 1.54) is 24.4 Å². The Morgan fingerprint density at radius 3 is 2.50 bits per heavy atom. The Balaban J connectivity index is 1.45. The molecule has 2 aromatic heterocycles. The highest BCUT2D eigenvalue weighted by Gasteiger charge is 2.25. The molecule has 1 saturated heterocycles. The van der Waals surface area contributed by atoms with E-state index in [0.717, 1.165) is 17.1 Å². The highest BCUT2D eigenvalue weighted by Crippen LogP contribution is 2.21. The molecule has 0 spiro atoms. The molecule has 1 aliphatic heterocycles. The molecule has 1 N–H and O–H groups in total. The number of aryl methyl sites for hydroxylation is 1. The number of nitrogens with one attached hydrogen (secondary N) is 1. The molecule has 0 aliphatic carbocycles. The third-order valence-electron chi connectivity index (χ3n) is 5.48. The van der Waals surface area contributed by atoms with Crippen molar-refractivity contribution in [2.75, 3.05) is 36.4 Å². The van der Waals surface area contributed by atoms with Crippen LogP contribution in [0.2, 0.25) is 0 Å². The molecule has 4 rings (SSSR count). The van der Waals surface area contributed by atoms with Crippen molar-refractivity contribution in [1.82, 2.24) is 19.9 Å². The summed E-state index contributed by atoms with van der Waals surface area (Å²) in [6.45, 7) is 6.11. The highest BCUT2D eigenvalue weighted by molar-refractivity contribution is 6.04. The first-order valence-corrected chi connectivity index (χ1v) is 10.3. The molecule has 0 unspecified atom stereocenters. The maximum atomic E-state index is 14.2. The van der Waals surface area contributed by atoms with E-state index in [-0.39, 0.29) is 22.9 Å². The number of hydrogen-bond acceptors (Lipinski definition) is 6. The number of pyridine rings is 1. The van der Waals surface area contributed by atoms with Gasteiger partial charge in [0.1, 0.15) is 23.7 Å². The summed E-state index contributed by atoms with van der Waals surface area (Å²) in [4.78, 5) is 41.7. The Morgan fingerprint density at radius 2 is 1.78 bits per heavy atom. The van der Waals surface area contributed by atoms with Gasteiger partial charge < -0.3 is 15.1 Å². The lowest BCUT2D eigenvalue weighted by atomic mass is 10.1. The van der Waals surface area contributed by atoms with Crippen LogP contribution in [0.1, 0.15) is 32.1 Å². The topological polar surface area (TPSA) is 91.3 Å². The van der Waals surface area contributed by atoms with Crippen molar-refractivity contribution < 1.29 is 14.0 Å². The van der Waals surface area contributed by atoms with E-state index in [1.807, 2.05) is 13.8 Å². The van der Waals surface area contributed by atoms with Gasteiger partial charge in [0.25, 0.3) is 11.8 Å². The number of aromatic nitrogens is 3. The monoisotopic (exact) mass is 434 g/mol. The minimum absolute atomic E-state index is 0.184. The fourth-order valence-electron chi connectivity index (χ4n) is 3.63. The third-order valence-corrected chi connectivity index (χ3v) is 5.48. The normalized spacial score (nSPS) is 13.7. The first-order valence-electron chi connectivity index (χ1n) is 10.3. The van der Waals surface area contributed by atoms with Crippen LogP contribution in [-0.2, 0) is 0 Å². The van der Waals surface area contributed by atoms with Gasteiger partial charge in [0.2, 0.25) is 0 Å². The first kappa shape index (κ1) is 21.4. The minimum atomic E-state index is -0.599. The second-order valence-corrected chi connectivity index (χ2v) is 7.58. The van der Waals surface area contributed by atoms with Crippen LogP contribution in [0.4, 0.5) is 15.9 Å². The fraction of sp³-hybridized carbons (Fsp3) is 0.261. The number of benzene rings is 1. The summed E-state index contributed by atoms with van der Waals surface area (Å²) in [7, 11) is 0. The van der Waals surface area contributed by atoms with Crippen molar-refractivity contribution in [3.8, 4) is 0 Å². The quantitative estimate of drug-likeness (QED) is 0.679. The molecule has 3 heterocycles. The van der Waals surface area contributed by atoms with E-state index in [2.05, 4.69) is 25.2 Å². The molecule has 1 aliphatic rings. The van der Waals surface area contributed by atoms with Gasteiger partial charge >= 0.3 is 0 Å². The molecule has 0 atom stereocenters. The molecule has 164 valence electrons. The average molecular weight is 434 g/mol. The summed E-state index contributed by atoms with van der Waals surface area (Å²) in [6.07, 6.45) is 3.04. The van der Waals surface area contributed by atoms with Gasteiger partial charge in [0.05, 0.1) is 0 Å². The molecule has 2 amide bonds. The van der Waals surface area contributed by atoms with Gasteiger partial charge in [0, 0.05) is 54.9 Å². The first-order chi connectivity index (χ1) is 15.4. The SMILES string of the molecule is Cc1ncnc(N2CCN(C(=O)c3cc(F)cc(NC(=O)c4ccccn4)c3)CC2)c1C. The van der Waals surface area contributed by atoms with Crippen molar-refractivity contribution in [1.29, 1.82) is 0 Å². The van der Waals surface area contributed by atoms with Gasteiger partial charge in [-0.25, -0.2) is 14.4 Å². The summed E-state index contributed by atoms with van der Waals surface area (Å²) in [5.41, 5.74) is 2.54. The van der Waals surface area contributed by atoms with Crippen LogP contribution in [0.3, 0.4) is 0 Å². The number of halogens is 1. The summed E-state index contributed by atoms with van der Waals surface area (Å²) >= 11 is 0. The molecule has 0 bridgehead atoms. The largest absolute Gasteiger partial charge is 0.353 e. The number of piperazine rings is 1. The number of rotatable bonds is 4. The van der Waals surface area contributed by atoms with Crippen LogP contribution >= 0.6 is 0 Å². The molecule has 32 heavy (non-hydrogen) atoms. The number of amides is 2. The number of carbonyl (C=O) groups is 2. The van der Waals surface area contributed by atoms with Gasteiger partial charge in [-0.1, -0.05) is 6.07 Å². The molecular weight excluding hydrogens is 411 g/mol. The lowest BCUT2D eigenvalue weighted by Crippen LogP contribution is -2.49. The van der Waals surface area contributed by atoms with Crippen molar-refractivity contribution >= 4 is 23.3 Å². The van der Waals surface area contributed by atoms with Gasteiger partial charge in [0.15, 0.2) is 0 Å². The summed E-state index contributed by atoms with van der Waals surface area (Å²) in [5, 5.41) is 2.60. The molecular formula is C23H23FN6O2. The minimum Gasteiger partial charge on any atom is -0.353 e. The van der Waals surface area contributed by atoms with Crippen LogP contribution in [0.5, 0.6) is 0 Å². The number of nitrogens with zero attached hydrogens (tertiary/aromatic N) is 5. The predicted molar refractivity (Wildman–Crippen MR) is 118 cm³/mol. The van der Waals surface area contributed by atoms with Crippen molar-refractivity contribution in [3.05, 3.63) is 77.3 Å². The summed E-state index contributed by atoms with van der Waals surface area (Å²) < 4.78 is 14.2. The van der Waals surface area contributed by atoms with Crippen LogP contribution < -0.4 is 10.2 Å². The van der Waals surface area contributed by atoms with E-state index in [0.29, 0.717) is 26.2 Å². The van der Waals surface area contributed by atoms with Crippen LogP contribution in [0.25, 0.3) is 0 Å². The Bertz CT molecular complexity index is 1150. The molecule has 8 nitrogen and oxygen atoms in total. The molecule has 1 aromatic carbocycles. The summed E-state index contributed by atoms with van der Waals surface area (Å²) in [5.74, 6) is -0.487. The van der Waals surface area contributed by atoms with Crippen LogP contribution in [0.15, 0.2) is 48.9 Å². The lowest BCUT2D eigenvalue weighted by Gasteiger charge is -2.36. The third kappa shape index (κ3) is 4.56. The van der Waals surface area contributed by atoms with E-state index in [4.69, 9.17) is 0 Å². The summed E-state index contributed by atoms with van der Waals surface area (Å²) in [6, 6.07) is 8.78. The van der Waals surface area contributed by atoms with Crippen molar-refractivity contribution in [2.45, 2.75) is 13.8 Å². The van der Waals surface area contributed by atoms with Crippen molar-refractivity contribution in [3.63, 3.8) is 0 Å². The lowest BCUT2D eigenvalue weighted by molar-refractivity contribution is 0.0745. The maximum Gasteiger partial charge on any atom is 0.274 e. The molecule has 0 radical (unpaired) electrons. The standard InChI is InChI=1S/C23H23FN6O2/c1-15-16(2)26-14-27-21(15)29-7-9-30(10-8-29)23(32)17-11-18(24)13-19(12-17)28-22(31)20-5-3-4-6-25-20/h3-6,11-14H,7-10H2,1-2H3,(H,28,31). The van der Waals surface area contributed by atoms with Gasteiger partial charge in [-0.15, -0.1) is 0 Å². The highest BCUT2D eigenvalue weighted by atomic mass is 19.1. The number of hydrogen-bond donors (Lipinski definition) is 1. The molecule has 1 fully saturated rings. The number of anilines is 2. The second kappa shape index (κ2) is 9.09. The maximum absolute atomic E-state index is 14.2. The Morgan fingerprint density at radius 1 is 1.00 bits per heavy atom. The number of carbonyl (C=O) groups excluding carboxylic acids is 2. The van der Waals surface area contributed by atoms with Crippen LogP contribution in [-0.4, -0.2) is 57.8 Å². The Labute approximate surface area is 185 Å². The zero-order chi connectivity index (χ0) is 22.7. The van der Waals surface area contributed by atoms with Gasteiger partial charge in [-0.2, -0.15) is 0 Å². The van der Waals surface area contributed by atoms with Crippen LogP contribution in [0, 0.1) is 19.7 Å². The zero-order valence-corrected chi connectivity index (χ0v) is 17.9. The van der Waals surface area contributed by atoms with Gasteiger partial charge in [-0.05, 0) is 44.2 Å². The average Bonchev–Trinajstić information content (AvgIpc) is 2.81. The zero-order valence-electron chi connectivity index (χ0n) is 17.9.